The van der Waals surface area contributed by atoms with Gasteiger partial charge in [-0.1, -0.05) is 6.07 Å². The van der Waals surface area contributed by atoms with Gasteiger partial charge in [-0.25, -0.2) is 9.67 Å². The predicted molar refractivity (Wildman–Crippen MR) is 91.8 cm³/mol. The summed E-state index contributed by atoms with van der Waals surface area (Å²) in [4.78, 5) is 16.7. The van der Waals surface area contributed by atoms with Crippen molar-refractivity contribution in [2.75, 3.05) is 0 Å². The average Bonchev–Trinajstić information content (AvgIpc) is 3.26. The second-order valence-electron chi connectivity index (χ2n) is 6.70. The molecule has 2 aromatic heterocycles. The van der Waals surface area contributed by atoms with E-state index in [1.165, 1.54) is 11.1 Å². The van der Waals surface area contributed by atoms with Crippen molar-refractivity contribution in [2.24, 2.45) is 0 Å². The first-order valence-corrected chi connectivity index (χ1v) is 8.32. The van der Waals surface area contributed by atoms with Gasteiger partial charge in [0.15, 0.2) is 5.82 Å². The van der Waals surface area contributed by atoms with E-state index in [9.17, 15) is 4.79 Å². The number of nitrogens with one attached hydrogen (secondary N) is 2. The largest absolute Gasteiger partial charge is 0.302 e. The maximum absolute atomic E-state index is 12.0. The molecule has 1 aromatic carbocycles. The Kier molecular flexibility index (Phi) is 3.40. The fourth-order valence-corrected chi connectivity index (χ4v) is 2.90. The zero-order valence-corrected chi connectivity index (χ0v) is 14.2. The number of benzene rings is 1. The molecule has 1 aliphatic rings. The van der Waals surface area contributed by atoms with Crippen molar-refractivity contribution >= 4 is 0 Å². The fourth-order valence-electron chi connectivity index (χ4n) is 2.90. The Labute approximate surface area is 139 Å². The maximum Gasteiger partial charge on any atom is 0.267 e. The minimum Gasteiger partial charge on any atom is -0.302 e. The van der Waals surface area contributed by atoms with E-state index in [-0.39, 0.29) is 5.56 Å². The molecule has 6 nitrogen and oxygen atoms in total. The molecule has 1 aliphatic carbocycles. The number of hydrogen-bond acceptors (Lipinski definition) is 3. The summed E-state index contributed by atoms with van der Waals surface area (Å²) in [5.74, 6) is 2.18. The van der Waals surface area contributed by atoms with Gasteiger partial charge in [0, 0.05) is 23.6 Å². The first kappa shape index (κ1) is 14.9. The fraction of sp³-hybridized carbons (Fsp3) is 0.389. The second kappa shape index (κ2) is 5.47. The highest BCUT2D eigenvalue weighted by atomic mass is 16.1. The SMILES string of the molecule is Cc1ccc(-n2nc(C3CC3)nc2Cc2c(C)[nH][nH]c2=O)cc1C. The Hall–Kier alpha value is -2.63. The van der Waals surface area contributed by atoms with Gasteiger partial charge < -0.3 is 5.10 Å². The molecule has 1 fully saturated rings. The zero-order valence-electron chi connectivity index (χ0n) is 14.2. The van der Waals surface area contributed by atoms with Crippen molar-refractivity contribution in [1.82, 2.24) is 25.0 Å². The van der Waals surface area contributed by atoms with Gasteiger partial charge in [-0.3, -0.25) is 9.89 Å². The molecule has 2 N–H and O–H groups in total. The summed E-state index contributed by atoms with van der Waals surface area (Å²) in [6, 6.07) is 6.28. The van der Waals surface area contributed by atoms with Crippen molar-refractivity contribution in [3.05, 3.63) is 62.6 Å². The molecular weight excluding hydrogens is 302 g/mol. The zero-order chi connectivity index (χ0) is 16.8. The summed E-state index contributed by atoms with van der Waals surface area (Å²) < 4.78 is 1.89. The Morgan fingerprint density at radius 3 is 2.58 bits per heavy atom. The molecule has 0 spiro atoms. The van der Waals surface area contributed by atoms with E-state index in [2.05, 4.69) is 42.2 Å². The number of aryl methyl sites for hydroxylation is 3. The lowest BCUT2D eigenvalue weighted by molar-refractivity contribution is 0.794. The third kappa shape index (κ3) is 2.58. The number of nitrogens with zero attached hydrogens (tertiary/aromatic N) is 3. The number of H-pyrrole nitrogens is 2. The van der Waals surface area contributed by atoms with E-state index < -0.39 is 0 Å². The van der Waals surface area contributed by atoms with Crippen LogP contribution in [0.2, 0.25) is 0 Å². The highest BCUT2D eigenvalue weighted by molar-refractivity contribution is 5.40. The highest BCUT2D eigenvalue weighted by Gasteiger charge is 2.29. The normalized spacial score (nSPS) is 14.3. The number of rotatable bonds is 4. The smallest absolute Gasteiger partial charge is 0.267 e. The topological polar surface area (TPSA) is 79.4 Å². The summed E-state index contributed by atoms with van der Waals surface area (Å²) in [6.07, 6.45) is 2.78. The van der Waals surface area contributed by atoms with Crippen LogP contribution < -0.4 is 5.56 Å². The third-order valence-electron chi connectivity index (χ3n) is 4.79. The number of aromatic nitrogens is 5. The number of aromatic amines is 2. The van der Waals surface area contributed by atoms with Crippen LogP contribution in [0.5, 0.6) is 0 Å². The maximum atomic E-state index is 12.0. The Morgan fingerprint density at radius 1 is 1.17 bits per heavy atom. The standard InChI is InChI=1S/C18H21N5O/c1-10-4-7-14(8-11(10)2)23-16(19-17(22-23)13-5-6-13)9-15-12(3)20-21-18(15)24/h4,7-8,13H,5-6,9H2,1-3H3,(H2,20,21,24). The first-order chi connectivity index (χ1) is 11.5. The summed E-state index contributed by atoms with van der Waals surface area (Å²) in [6.45, 7) is 6.09. The van der Waals surface area contributed by atoms with Crippen LogP contribution in [-0.2, 0) is 6.42 Å². The Morgan fingerprint density at radius 2 is 1.96 bits per heavy atom. The summed E-state index contributed by atoms with van der Waals surface area (Å²) >= 11 is 0. The van der Waals surface area contributed by atoms with Gasteiger partial charge in [-0.05, 0) is 56.9 Å². The molecule has 0 amide bonds. The van der Waals surface area contributed by atoms with Gasteiger partial charge in [0.2, 0.25) is 0 Å². The van der Waals surface area contributed by atoms with Gasteiger partial charge in [0.1, 0.15) is 5.82 Å². The van der Waals surface area contributed by atoms with E-state index in [1.54, 1.807) is 0 Å². The molecule has 0 bridgehead atoms. The van der Waals surface area contributed by atoms with Crippen molar-refractivity contribution < 1.29 is 0 Å². The Bertz CT molecular complexity index is 958. The summed E-state index contributed by atoms with van der Waals surface area (Å²) in [7, 11) is 0. The van der Waals surface area contributed by atoms with Gasteiger partial charge in [-0.15, -0.1) is 0 Å². The summed E-state index contributed by atoms with van der Waals surface area (Å²) in [5, 5.41) is 10.3. The predicted octanol–water partition coefficient (Wildman–Crippen LogP) is 2.68. The van der Waals surface area contributed by atoms with Gasteiger partial charge in [0.05, 0.1) is 5.69 Å². The van der Waals surface area contributed by atoms with Gasteiger partial charge in [0.25, 0.3) is 5.56 Å². The quantitative estimate of drug-likeness (QED) is 0.775. The molecule has 24 heavy (non-hydrogen) atoms. The molecule has 6 heteroatoms. The van der Waals surface area contributed by atoms with E-state index in [0.29, 0.717) is 12.3 Å². The van der Waals surface area contributed by atoms with Crippen LogP contribution in [0.4, 0.5) is 0 Å². The van der Waals surface area contributed by atoms with Crippen molar-refractivity contribution in [3.8, 4) is 5.69 Å². The van der Waals surface area contributed by atoms with E-state index in [4.69, 9.17) is 10.1 Å². The lowest BCUT2D eigenvalue weighted by Crippen LogP contribution is -2.11. The molecular formula is C18H21N5O. The van der Waals surface area contributed by atoms with Crippen LogP contribution in [0.1, 0.15) is 52.8 Å². The monoisotopic (exact) mass is 323 g/mol. The van der Waals surface area contributed by atoms with E-state index in [0.717, 1.165) is 41.4 Å². The molecule has 3 aromatic rings. The summed E-state index contributed by atoms with van der Waals surface area (Å²) in [5.41, 5.74) is 4.95. The van der Waals surface area contributed by atoms with Gasteiger partial charge >= 0.3 is 0 Å². The molecule has 1 saturated carbocycles. The van der Waals surface area contributed by atoms with Crippen molar-refractivity contribution in [3.63, 3.8) is 0 Å². The molecule has 0 saturated heterocycles. The van der Waals surface area contributed by atoms with Crippen LogP contribution in [0, 0.1) is 20.8 Å². The minimum absolute atomic E-state index is 0.0879. The van der Waals surface area contributed by atoms with Crippen LogP contribution in [-0.4, -0.2) is 25.0 Å². The highest BCUT2D eigenvalue weighted by Crippen LogP contribution is 2.38. The third-order valence-corrected chi connectivity index (χ3v) is 4.79. The van der Waals surface area contributed by atoms with E-state index in [1.807, 2.05) is 11.6 Å². The Balaban J connectivity index is 1.80. The van der Waals surface area contributed by atoms with Crippen LogP contribution in [0.15, 0.2) is 23.0 Å². The van der Waals surface area contributed by atoms with Gasteiger partial charge in [-0.2, -0.15) is 5.10 Å². The molecule has 0 aliphatic heterocycles. The van der Waals surface area contributed by atoms with Crippen LogP contribution >= 0.6 is 0 Å². The lowest BCUT2D eigenvalue weighted by atomic mass is 10.1. The van der Waals surface area contributed by atoms with E-state index >= 15 is 0 Å². The average molecular weight is 323 g/mol. The van der Waals surface area contributed by atoms with Crippen LogP contribution in [0.25, 0.3) is 5.69 Å². The second-order valence-corrected chi connectivity index (χ2v) is 6.70. The molecule has 4 rings (SSSR count). The van der Waals surface area contributed by atoms with Crippen molar-refractivity contribution in [1.29, 1.82) is 0 Å². The molecule has 0 unspecified atom stereocenters. The molecule has 2 heterocycles. The molecule has 124 valence electrons. The van der Waals surface area contributed by atoms with Crippen LogP contribution in [0.3, 0.4) is 0 Å². The number of hydrogen-bond donors (Lipinski definition) is 2. The molecule has 0 radical (unpaired) electrons. The first-order valence-electron chi connectivity index (χ1n) is 8.32. The molecule has 0 atom stereocenters. The lowest BCUT2D eigenvalue weighted by Gasteiger charge is -2.08. The van der Waals surface area contributed by atoms with Crippen molar-refractivity contribution in [2.45, 2.75) is 46.0 Å². The minimum atomic E-state index is -0.0879.